The summed E-state index contributed by atoms with van der Waals surface area (Å²) in [5.41, 5.74) is 0.835. The molecule has 1 unspecified atom stereocenters. The third kappa shape index (κ3) is 4.59. The number of anilines is 2. The molecule has 24 heavy (non-hydrogen) atoms. The van der Waals surface area contributed by atoms with Gasteiger partial charge in [0.2, 0.25) is 11.8 Å². The molecule has 0 amide bonds. The van der Waals surface area contributed by atoms with Crippen molar-refractivity contribution < 1.29 is 17.9 Å². The fraction of sp³-hybridized carbons (Fsp3) is 0.412. The topological polar surface area (TPSA) is 47.0 Å². The summed E-state index contributed by atoms with van der Waals surface area (Å²) in [7, 11) is 0. The first-order valence-electron chi connectivity index (χ1n) is 7.80. The molecular formula is C17H20F3N3O. The molecule has 1 aromatic heterocycles. The number of hydrogen-bond acceptors (Lipinski definition) is 4. The van der Waals surface area contributed by atoms with Gasteiger partial charge >= 0.3 is 6.18 Å². The molecule has 1 heterocycles. The van der Waals surface area contributed by atoms with Crippen LogP contribution < -0.4 is 10.1 Å². The van der Waals surface area contributed by atoms with Crippen molar-refractivity contribution in [3.63, 3.8) is 0 Å². The van der Waals surface area contributed by atoms with Gasteiger partial charge in [0.05, 0.1) is 6.10 Å². The Labute approximate surface area is 139 Å². The molecule has 0 saturated heterocycles. The van der Waals surface area contributed by atoms with Crippen LogP contribution in [0.25, 0.3) is 0 Å². The first kappa shape index (κ1) is 18.0. The van der Waals surface area contributed by atoms with Crippen LogP contribution in [-0.4, -0.2) is 16.1 Å². The van der Waals surface area contributed by atoms with Crippen molar-refractivity contribution in [1.29, 1.82) is 0 Å². The highest BCUT2D eigenvalue weighted by Gasteiger charge is 2.36. The maximum Gasteiger partial charge on any atom is 0.423 e. The molecule has 130 valence electrons. The number of ether oxygens (including phenoxy) is 1. The lowest BCUT2D eigenvalue weighted by molar-refractivity contribution is -0.139. The van der Waals surface area contributed by atoms with Crippen LogP contribution in [0.5, 0.6) is 5.88 Å². The van der Waals surface area contributed by atoms with E-state index in [-0.39, 0.29) is 12.1 Å². The Morgan fingerprint density at radius 3 is 2.62 bits per heavy atom. The maximum atomic E-state index is 13.1. The first-order valence-corrected chi connectivity index (χ1v) is 7.80. The van der Waals surface area contributed by atoms with E-state index in [0.717, 1.165) is 18.2 Å². The van der Waals surface area contributed by atoms with Gasteiger partial charge in [0, 0.05) is 11.9 Å². The van der Waals surface area contributed by atoms with Crippen LogP contribution in [0.15, 0.2) is 30.5 Å². The molecular weight excluding hydrogens is 319 g/mol. The smallest absolute Gasteiger partial charge is 0.423 e. The number of halogens is 3. The zero-order valence-electron chi connectivity index (χ0n) is 13.8. The lowest BCUT2D eigenvalue weighted by Crippen LogP contribution is -2.17. The molecule has 2 rings (SSSR count). The van der Waals surface area contributed by atoms with Gasteiger partial charge < -0.3 is 10.1 Å². The van der Waals surface area contributed by atoms with Gasteiger partial charge in [-0.25, -0.2) is 4.98 Å². The van der Waals surface area contributed by atoms with Crippen molar-refractivity contribution in [2.75, 3.05) is 5.32 Å². The Balaban J connectivity index is 2.32. The van der Waals surface area contributed by atoms with Crippen molar-refractivity contribution in [3.05, 3.63) is 41.6 Å². The Kier molecular flexibility index (Phi) is 5.64. The summed E-state index contributed by atoms with van der Waals surface area (Å²) in [6.45, 7) is 5.54. The van der Waals surface area contributed by atoms with E-state index in [1.54, 1.807) is 13.0 Å². The number of hydrogen-bond donors (Lipinski definition) is 1. The fourth-order valence-electron chi connectivity index (χ4n) is 1.98. The van der Waals surface area contributed by atoms with E-state index in [4.69, 9.17) is 4.74 Å². The number of benzene rings is 1. The molecule has 4 nitrogen and oxygen atoms in total. The van der Waals surface area contributed by atoms with Gasteiger partial charge in [-0.3, -0.25) is 0 Å². The van der Waals surface area contributed by atoms with E-state index in [9.17, 15) is 13.2 Å². The summed E-state index contributed by atoms with van der Waals surface area (Å²) in [6, 6.07) is 7.53. The maximum absolute atomic E-state index is 13.1. The Bertz CT molecular complexity index is 689. The normalized spacial score (nSPS) is 12.8. The monoisotopic (exact) mass is 339 g/mol. The summed E-state index contributed by atoms with van der Waals surface area (Å²) in [4.78, 5) is 7.68. The molecule has 0 fully saturated rings. The van der Waals surface area contributed by atoms with Crippen molar-refractivity contribution >= 4 is 11.6 Å². The van der Waals surface area contributed by atoms with Crippen molar-refractivity contribution in [3.8, 4) is 5.88 Å². The molecule has 0 saturated carbocycles. The molecule has 0 spiro atoms. The molecule has 1 aromatic carbocycles. The van der Waals surface area contributed by atoms with E-state index >= 15 is 0 Å². The van der Waals surface area contributed by atoms with Crippen LogP contribution in [0.2, 0.25) is 0 Å². The molecule has 1 N–H and O–H groups in total. The van der Waals surface area contributed by atoms with Crippen LogP contribution >= 0.6 is 0 Å². The van der Waals surface area contributed by atoms with Crippen LogP contribution in [0.3, 0.4) is 0 Å². The molecule has 0 aliphatic rings. The lowest BCUT2D eigenvalue weighted by Gasteiger charge is -2.17. The molecule has 7 heteroatoms. The lowest BCUT2D eigenvalue weighted by atomic mass is 10.1. The van der Waals surface area contributed by atoms with E-state index in [2.05, 4.69) is 15.3 Å². The number of nitrogens with one attached hydrogen (secondary N) is 1. The molecule has 0 radical (unpaired) electrons. The van der Waals surface area contributed by atoms with Gasteiger partial charge in [-0.2, -0.15) is 18.2 Å². The second-order valence-electron chi connectivity index (χ2n) is 5.43. The standard InChI is InChI=1S/C17H20F3N3O/c1-4-11(3)24-15-14(17(18,19)20)10-21-16(23-15)22-13-8-6-7-12(5-2)9-13/h6-11H,4-5H2,1-3H3,(H,21,22,23). The minimum absolute atomic E-state index is 0.0644. The van der Waals surface area contributed by atoms with Crippen LogP contribution in [0.1, 0.15) is 38.3 Å². The number of nitrogens with zero attached hydrogens (tertiary/aromatic N) is 2. The Morgan fingerprint density at radius 1 is 1.25 bits per heavy atom. The van der Waals surface area contributed by atoms with E-state index in [1.165, 1.54) is 0 Å². The third-order valence-electron chi connectivity index (χ3n) is 3.54. The minimum Gasteiger partial charge on any atom is -0.474 e. The number of rotatable bonds is 6. The van der Waals surface area contributed by atoms with Crippen molar-refractivity contribution in [2.24, 2.45) is 0 Å². The number of alkyl halides is 3. The summed E-state index contributed by atoms with van der Waals surface area (Å²) < 4.78 is 44.6. The highest BCUT2D eigenvalue weighted by Crippen LogP contribution is 2.35. The SMILES string of the molecule is CCc1cccc(Nc2ncc(C(F)(F)F)c(OC(C)CC)n2)c1. The van der Waals surface area contributed by atoms with Gasteiger partial charge in [-0.05, 0) is 37.5 Å². The second-order valence-corrected chi connectivity index (χ2v) is 5.43. The van der Waals surface area contributed by atoms with E-state index < -0.39 is 17.6 Å². The minimum atomic E-state index is -4.57. The van der Waals surface area contributed by atoms with Gasteiger partial charge in [0.1, 0.15) is 5.56 Å². The second kappa shape index (κ2) is 7.51. The van der Waals surface area contributed by atoms with Crippen molar-refractivity contribution in [2.45, 2.75) is 45.9 Å². The molecule has 0 bridgehead atoms. The van der Waals surface area contributed by atoms with E-state index in [0.29, 0.717) is 12.1 Å². The zero-order chi connectivity index (χ0) is 17.7. The van der Waals surface area contributed by atoms with Gasteiger partial charge in [-0.15, -0.1) is 0 Å². The van der Waals surface area contributed by atoms with Gasteiger partial charge in [-0.1, -0.05) is 26.0 Å². The van der Waals surface area contributed by atoms with E-state index in [1.807, 2.05) is 32.0 Å². The summed E-state index contributed by atoms with van der Waals surface area (Å²) in [5.74, 6) is -0.393. The van der Waals surface area contributed by atoms with Gasteiger partial charge in [0.15, 0.2) is 0 Å². The Hall–Kier alpha value is -2.31. The average molecular weight is 339 g/mol. The quantitative estimate of drug-likeness (QED) is 0.806. The summed E-state index contributed by atoms with van der Waals surface area (Å²) >= 11 is 0. The first-order chi connectivity index (χ1) is 11.3. The molecule has 0 aliphatic heterocycles. The van der Waals surface area contributed by atoms with Crippen LogP contribution in [-0.2, 0) is 12.6 Å². The van der Waals surface area contributed by atoms with Crippen molar-refractivity contribution in [1.82, 2.24) is 9.97 Å². The largest absolute Gasteiger partial charge is 0.474 e. The Morgan fingerprint density at radius 2 is 2.00 bits per heavy atom. The summed E-state index contributed by atoms with van der Waals surface area (Å²) in [6.07, 6.45) is -2.77. The number of aryl methyl sites for hydroxylation is 1. The predicted molar refractivity (Wildman–Crippen MR) is 86.5 cm³/mol. The van der Waals surface area contributed by atoms with Gasteiger partial charge in [0.25, 0.3) is 0 Å². The van der Waals surface area contributed by atoms with Crippen LogP contribution in [0.4, 0.5) is 24.8 Å². The third-order valence-corrected chi connectivity index (χ3v) is 3.54. The molecule has 2 aromatic rings. The number of aromatic nitrogens is 2. The summed E-state index contributed by atoms with van der Waals surface area (Å²) in [5, 5.41) is 2.92. The highest BCUT2D eigenvalue weighted by atomic mass is 19.4. The fourth-order valence-corrected chi connectivity index (χ4v) is 1.98. The predicted octanol–water partition coefficient (Wildman–Crippen LogP) is 4.98. The zero-order valence-corrected chi connectivity index (χ0v) is 13.8. The van der Waals surface area contributed by atoms with Crippen LogP contribution in [0, 0.1) is 0 Å². The molecule has 0 aliphatic carbocycles. The average Bonchev–Trinajstić information content (AvgIpc) is 2.54. The highest BCUT2D eigenvalue weighted by molar-refractivity contribution is 5.55. The molecule has 1 atom stereocenters.